The van der Waals surface area contributed by atoms with E-state index >= 15 is 0 Å². The summed E-state index contributed by atoms with van der Waals surface area (Å²) in [5.74, 6) is 0. The fraction of sp³-hybridized carbons (Fsp3) is 0. The van der Waals surface area contributed by atoms with Gasteiger partial charge in [0.05, 0.1) is 22.8 Å². The molecule has 0 saturated carbocycles. The zero-order valence-electron chi connectivity index (χ0n) is 15.7. The SMILES string of the molecule is C1=Cc2cc3ccc(cc4nc(cc5ccc(cc1n2)[nH]5)C=C4)[nH]3.[I-].[I-].[I-].[I-].[Zn+2].[Zn+2]. The average Bonchev–Trinajstić information content (AvgIpc) is 3.32. The van der Waals surface area contributed by atoms with Crippen molar-refractivity contribution in [3.63, 3.8) is 0 Å². The van der Waals surface area contributed by atoms with Gasteiger partial charge in [0.2, 0.25) is 0 Å². The zero-order chi connectivity index (χ0) is 15.9. The van der Waals surface area contributed by atoms with Gasteiger partial charge in [-0.1, -0.05) is 0 Å². The molecule has 2 aliphatic heterocycles. The van der Waals surface area contributed by atoms with Gasteiger partial charge in [-0.2, -0.15) is 0 Å². The van der Waals surface area contributed by atoms with Crippen molar-refractivity contribution in [1.82, 2.24) is 19.9 Å². The van der Waals surface area contributed by atoms with Crippen molar-refractivity contribution in [3.05, 3.63) is 71.3 Å². The third-order valence-electron chi connectivity index (χ3n) is 4.04. The molecule has 0 aromatic carbocycles. The van der Waals surface area contributed by atoms with E-state index in [4.69, 9.17) is 0 Å². The second-order valence-electron chi connectivity index (χ2n) is 5.91. The largest absolute Gasteiger partial charge is 2.00 e. The number of fused-ring (bicyclic) bond motifs is 8. The molecule has 2 N–H and O–H groups in total. The first-order valence-corrected chi connectivity index (χ1v) is 7.85. The van der Waals surface area contributed by atoms with Crippen LogP contribution in [0.3, 0.4) is 0 Å². The Balaban J connectivity index is 0. The smallest absolute Gasteiger partial charge is 1.00 e. The Labute approximate surface area is 268 Å². The van der Waals surface area contributed by atoms with E-state index in [0.29, 0.717) is 0 Å². The third kappa shape index (κ3) is 7.97. The van der Waals surface area contributed by atoms with Crippen LogP contribution in [0.1, 0.15) is 22.8 Å². The molecule has 0 aliphatic carbocycles. The average molecular weight is 949 g/mol. The predicted molar refractivity (Wildman–Crippen MR) is 98.9 cm³/mol. The number of rotatable bonds is 0. The van der Waals surface area contributed by atoms with Gasteiger partial charge in [-0.15, -0.1) is 0 Å². The zero-order valence-corrected chi connectivity index (χ0v) is 30.3. The van der Waals surface area contributed by atoms with E-state index in [1.807, 2.05) is 48.6 Å². The van der Waals surface area contributed by atoms with E-state index in [0.717, 1.165) is 44.8 Å². The Kier molecular flexibility index (Phi) is 16.3. The Morgan fingerprint density at radius 2 is 0.667 bits per heavy atom. The summed E-state index contributed by atoms with van der Waals surface area (Å²) in [5, 5.41) is 0. The molecule has 0 radical (unpaired) electrons. The van der Waals surface area contributed by atoms with Crippen LogP contribution in [-0.4, -0.2) is 19.9 Å². The molecular weight excluding hydrogens is 935 g/mol. The van der Waals surface area contributed by atoms with Crippen LogP contribution in [0.15, 0.2) is 48.5 Å². The van der Waals surface area contributed by atoms with Gasteiger partial charge >= 0.3 is 39.0 Å². The number of aromatic nitrogens is 4. The second kappa shape index (κ2) is 14.8. The number of hydrogen-bond acceptors (Lipinski definition) is 2. The molecule has 146 valence electrons. The summed E-state index contributed by atoms with van der Waals surface area (Å²) in [6.07, 6.45) is 8.09. The van der Waals surface area contributed by atoms with Crippen molar-refractivity contribution in [2.45, 2.75) is 0 Å². The van der Waals surface area contributed by atoms with Crippen molar-refractivity contribution in [2.24, 2.45) is 0 Å². The van der Waals surface area contributed by atoms with E-state index in [2.05, 4.69) is 44.2 Å². The number of aromatic amines is 2. The van der Waals surface area contributed by atoms with Crippen molar-refractivity contribution in [3.8, 4) is 0 Å². The molecular formula is C20H14I4N4Zn2. The van der Waals surface area contributed by atoms with Crippen LogP contribution in [0.25, 0.3) is 46.4 Å². The van der Waals surface area contributed by atoms with Crippen LogP contribution in [0, 0.1) is 0 Å². The second-order valence-corrected chi connectivity index (χ2v) is 5.91. The monoisotopic (exact) mass is 946 g/mol. The first kappa shape index (κ1) is 32.9. The van der Waals surface area contributed by atoms with Crippen LogP contribution in [0.4, 0.5) is 0 Å². The molecule has 0 spiro atoms. The molecule has 10 heteroatoms. The van der Waals surface area contributed by atoms with Gasteiger partial charge in [0.25, 0.3) is 0 Å². The maximum atomic E-state index is 4.63. The minimum absolute atomic E-state index is 0. The number of nitrogens with zero attached hydrogens (tertiary/aromatic N) is 2. The van der Waals surface area contributed by atoms with Gasteiger partial charge < -0.3 is 106 Å². The molecule has 0 atom stereocenters. The number of H-pyrrole nitrogens is 2. The van der Waals surface area contributed by atoms with E-state index < -0.39 is 0 Å². The van der Waals surface area contributed by atoms with Crippen LogP contribution < -0.4 is 95.9 Å². The van der Waals surface area contributed by atoms with Gasteiger partial charge in [-0.05, 0) is 72.8 Å². The Bertz CT molecular complexity index is 1010. The minimum Gasteiger partial charge on any atom is -1.00 e. The maximum absolute atomic E-state index is 4.63. The summed E-state index contributed by atoms with van der Waals surface area (Å²) < 4.78 is 0. The summed E-state index contributed by atoms with van der Waals surface area (Å²) >= 11 is 0. The van der Waals surface area contributed by atoms with Gasteiger partial charge in [0.1, 0.15) is 0 Å². The topological polar surface area (TPSA) is 57.4 Å². The Morgan fingerprint density at radius 1 is 0.433 bits per heavy atom. The summed E-state index contributed by atoms with van der Waals surface area (Å²) in [7, 11) is 0. The fourth-order valence-electron chi connectivity index (χ4n) is 2.94. The molecule has 3 aromatic heterocycles. The predicted octanol–water partition coefficient (Wildman–Crippen LogP) is -7.33. The number of halogens is 4. The van der Waals surface area contributed by atoms with Gasteiger partial charge in [0.15, 0.2) is 0 Å². The van der Waals surface area contributed by atoms with Gasteiger partial charge in [-0.3, -0.25) is 0 Å². The molecule has 3 aromatic rings. The molecule has 4 nitrogen and oxygen atoms in total. The molecule has 5 heterocycles. The fourth-order valence-corrected chi connectivity index (χ4v) is 2.94. The molecule has 0 amide bonds. The normalized spacial score (nSPS) is 10.1. The van der Waals surface area contributed by atoms with E-state index in [-0.39, 0.29) is 135 Å². The van der Waals surface area contributed by atoms with Gasteiger partial charge in [-0.25, -0.2) is 9.97 Å². The maximum Gasteiger partial charge on any atom is 2.00 e. The van der Waals surface area contributed by atoms with E-state index in [1.54, 1.807) is 0 Å². The molecule has 8 bridgehead atoms. The van der Waals surface area contributed by atoms with Crippen LogP contribution in [0.2, 0.25) is 0 Å². The van der Waals surface area contributed by atoms with Crippen molar-refractivity contribution < 1.29 is 135 Å². The number of hydrogen-bond donors (Lipinski definition) is 2. The third-order valence-corrected chi connectivity index (χ3v) is 4.04. The molecule has 2 aliphatic rings. The first-order chi connectivity index (χ1) is 11.8. The molecule has 0 unspecified atom stereocenters. The van der Waals surface area contributed by atoms with Crippen LogP contribution in [0.5, 0.6) is 0 Å². The van der Waals surface area contributed by atoms with Crippen molar-refractivity contribution in [1.29, 1.82) is 0 Å². The quantitative estimate of drug-likeness (QED) is 0.120. The standard InChI is InChI=1S/C20H14N4.4HI.2Zn/c1-2-14-10-16-5-6-18(23-16)12-20-8-7-19(24-20)11-17-4-3-15(22-17)9-13(1)21-14;;;;;;/h1-12,21,24H;4*1H;;/q;;;;;2*+2/p-4. The summed E-state index contributed by atoms with van der Waals surface area (Å²) in [6.45, 7) is 0. The van der Waals surface area contributed by atoms with Gasteiger partial charge in [0, 0.05) is 22.1 Å². The van der Waals surface area contributed by atoms with E-state index in [9.17, 15) is 0 Å². The minimum atomic E-state index is 0. The van der Waals surface area contributed by atoms with Crippen molar-refractivity contribution >= 4 is 46.4 Å². The van der Waals surface area contributed by atoms with E-state index in [1.165, 1.54) is 0 Å². The molecule has 30 heavy (non-hydrogen) atoms. The number of nitrogens with one attached hydrogen (secondary N) is 2. The molecule has 0 fully saturated rings. The summed E-state index contributed by atoms with van der Waals surface area (Å²) in [4.78, 5) is 16.0. The summed E-state index contributed by atoms with van der Waals surface area (Å²) in [5.41, 5.74) is 7.86. The summed E-state index contributed by atoms with van der Waals surface area (Å²) in [6, 6.07) is 16.4. The Hall–Kier alpha value is 0.767. The first-order valence-electron chi connectivity index (χ1n) is 7.85. The molecule has 0 saturated heterocycles. The Morgan fingerprint density at radius 3 is 0.900 bits per heavy atom. The van der Waals surface area contributed by atoms with Crippen LogP contribution in [-0.2, 0) is 39.0 Å². The molecule has 5 rings (SSSR count). The van der Waals surface area contributed by atoms with Crippen molar-refractivity contribution in [2.75, 3.05) is 0 Å². The van der Waals surface area contributed by atoms with Crippen LogP contribution >= 0.6 is 0 Å².